The van der Waals surface area contributed by atoms with E-state index in [9.17, 15) is 4.79 Å². The molecule has 1 aliphatic rings. The monoisotopic (exact) mass is 624 g/mol. The quantitative estimate of drug-likeness (QED) is 0.150. The maximum Gasteiger partial charge on any atom is 0.184 e. The highest BCUT2D eigenvalue weighted by Crippen LogP contribution is 2.30. The van der Waals surface area contributed by atoms with Gasteiger partial charge in [0, 0.05) is 47.4 Å². The summed E-state index contributed by atoms with van der Waals surface area (Å²) in [5.41, 5.74) is 5.84. The molecule has 0 atom stereocenters. The van der Waals surface area contributed by atoms with E-state index in [1.54, 1.807) is 6.07 Å². The van der Waals surface area contributed by atoms with Crippen molar-refractivity contribution in [2.45, 2.75) is 19.4 Å². The minimum Gasteiger partial charge on any atom is -0.477 e. The Kier molecular flexibility index (Phi) is 9.89. The van der Waals surface area contributed by atoms with E-state index in [2.05, 4.69) is 27.3 Å². The number of hydrogen-bond acceptors (Lipinski definition) is 7. The number of aldehydes is 1. The summed E-state index contributed by atoms with van der Waals surface area (Å²) >= 11 is 0. The lowest BCUT2D eigenvalue weighted by Crippen LogP contribution is -2.03. The summed E-state index contributed by atoms with van der Waals surface area (Å²) in [6.07, 6.45) is 4.60. The molecule has 0 saturated carbocycles. The second-order valence-electron chi connectivity index (χ2n) is 10.9. The topological polar surface area (TPSA) is 111 Å². The summed E-state index contributed by atoms with van der Waals surface area (Å²) in [5, 5.41) is 19.6. The Morgan fingerprint density at radius 2 is 1.23 bits per heavy atom. The van der Waals surface area contributed by atoms with E-state index in [1.165, 1.54) is 0 Å². The third-order valence-electron chi connectivity index (χ3n) is 7.73. The number of carbonyl (C=O) groups is 1. The SMILES string of the molecule is N#CCOc1cccc2ccn(Cc3cccc(C4OCCO4)c3)c12.N#CCOc1cccc2ccn(Cc3cccc(C=O)c3)c12. The minimum atomic E-state index is -0.268. The molecule has 7 rings (SSSR count). The second-order valence-corrected chi connectivity index (χ2v) is 10.9. The molecule has 234 valence electrons. The number of nitrogens with zero attached hydrogens (tertiary/aromatic N) is 4. The van der Waals surface area contributed by atoms with Crippen LogP contribution in [0.25, 0.3) is 21.8 Å². The van der Waals surface area contributed by atoms with Gasteiger partial charge in [-0.25, -0.2) is 0 Å². The Labute approximate surface area is 272 Å². The molecule has 3 heterocycles. The Hall–Kier alpha value is -5.87. The van der Waals surface area contributed by atoms with Crippen LogP contribution in [0.15, 0.2) is 109 Å². The number of benzene rings is 4. The zero-order valence-corrected chi connectivity index (χ0v) is 25.6. The zero-order valence-electron chi connectivity index (χ0n) is 25.6. The van der Waals surface area contributed by atoms with Gasteiger partial charge in [-0.1, -0.05) is 60.7 Å². The summed E-state index contributed by atoms with van der Waals surface area (Å²) in [5.74, 6) is 1.42. The molecule has 6 aromatic rings. The highest BCUT2D eigenvalue weighted by molar-refractivity contribution is 5.87. The summed E-state index contributed by atoms with van der Waals surface area (Å²) in [7, 11) is 0. The van der Waals surface area contributed by atoms with Gasteiger partial charge in [-0.15, -0.1) is 0 Å². The van der Waals surface area contributed by atoms with Gasteiger partial charge in [0.1, 0.15) is 29.9 Å². The predicted octanol–water partition coefficient (Wildman–Crippen LogP) is 7.04. The van der Waals surface area contributed by atoms with Gasteiger partial charge in [0.25, 0.3) is 0 Å². The normalized spacial score (nSPS) is 12.6. The molecular weight excluding hydrogens is 592 g/mol. The molecule has 0 spiro atoms. The maximum atomic E-state index is 10.9. The van der Waals surface area contributed by atoms with E-state index >= 15 is 0 Å². The first-order valence-electron chi connectivity index (χ1n) is 15.2. The van der Waals surface area contributed by atoms with Crippen LogP contribution in [0.4, 0.5) is 0 Å². The Morgan fingerprint density at radius 3 is 1.79 bits per heavy atom. The Morgan fingerprint density at radius 1 is 0.702 bits per heavy atom. The number of hydrogen-bond donors (Lipinski definition) is 0. The largest absolute Gasteiger partial charge is 0.477 e. The fourth-order valence-corrected chi connectivity index (χ4v) is 5.72. The van der Waals surface area contributed by atoms with Gasteiger partial charge in [0.05, 0.1) is 24.2 Å². The van der Waals surface area contributed by atoms with E-state index in [0.29, 0.717) is 37.6 Å². The predicted molar refractivity (Wildman–Crippen MR) is 177 cm³/mol. The number of ether oxygens (including phenoxy) is 4. The molecular formula is C38H32N4O5. The highest BCUT2D eigenvalue weighted by Gasteiger charge is 2.18. The van der Waals surface area contributed by atoms with Crippen LogP contribution in [0.5, 0.6) is 11.5 Å². The van der Waals surface area contributed by atoms with Crippen molar-refractivity contribution in [3.05, 3.63) is 132 Å². The van der Waals surface area contributed by atoms with Crippen LogP contribution in [-0.4, -0.2) is 41.8 Å². The maximum absolute atomic E-state index is 10.9. The average Bonchev–Trinajstić information content (AvgIpc) is 3.89. The van der Waals surface area contributed by atoms with Crippen LogP contribution < -0.4 is 9.47 Å². The van der Waals surface area contributed by atoms with Gasteiger partial charge in [0.2, 0.25) is 0 Å². The molecule has 0 aliphatic carbocycles. The lowest BCUT2D eigenvalue weighted by molar-refractivity contribution is -0.0441. The summed E-state index contributed by atoms with van der Waals surface area (Å²) in [6.45, 7) is 2.67. The number of para-hydroxylation sites is 2. The van der Waals surface area contributed by atoms with Crippen LogP contribution in [0.2, 0.25) is 0 Å². The van der Waals surface area contributed by atoms with E-state index in [4.69, 9.17) is 29.5 Å². The van der Waals surface area contributed by atoms with Crippen molar-refractivity contribution < 1.29 is 23.7 Å². The van der Waals surface area contributed by atoms with Crippen molar-refractivity contribution in [2.24, 2.45) is 0 Å². The molecule has 0 bridgehead atoms. The van der Waals surface area contributed by atoms with E-state index in [1.807, 2.05) is 97.3 Å². The van der Waals surface area contributed by atoms with Gasteiger partial charge in [-0.05, 0) is 47.5 Å². The molecule has 0 radical (unpaired) electrons. The second kappa shape index (κ2) is 14.9. The number of aromatic nitrogens is 2. The van der Waals surface area contributed by atoms with Gasteiger partial charge in [-0.2, -0.15) is 10.5 Å². The van der Waals surface area contributed by atoms with Crippen molar-refractivity contribution in [3.8, 4) is 23.6 Å². The van der Waals surface area contributed by atoms with Crippen LogP contribution in [0.1, 0.15) is 33.3 Å². The molecule has 0 N–H and O–H groups in total. The summed E-state index contributed by atoms with van der Waals surface area (Å²) in [6, 6.07) is 35.5. The summed E-state index contributed by atoms with van der Waals surface area (Å²) in [4.78, 5) is 10.9. The number of fused-ring (bicyclic) bond motifs is 2. The standard InChI is InChI=1S/C20H18N2O3.C18H14N2O2/c21-8-10-23-18-6-2-4-16-7-9-22(19(16)18)14-15-3-1-5-17(13-15)20-24-11-12-25-20;19-8-10-22-17-6-2-5-16-7-9-20(18(16)17)12-14-3-1-4-15(11-14)13-21/h1-7,9,13,20H,10-12,14H2;1-7,9,11,13H,10,12H2. The third kappa shape index (κ3) is 7.34. The van der Waals surface area contributed by atoms with Crippen LogP contribution in [-0.2, 0) is 22.6 Å². The van der Waals surface area contributed by atoms with Crippen molar-refractivity contribution in [2.75, 3.05) is 26.4 Å². The third-order valence-corrected chi connectivity index (χ3v) is 7.73. The number of rotatable bonds is 10. The zero-order chi connectivity index (χ0) is 32.4. The Bertz CT molecular complexity index is 2080. The number of nitriles is 2. The van der Waals surface area contributed by atoms with Crippen molar-refractivity contribution >= 4 is 28.1 Å². The molecule has 0 amide bonds. The van der Waals surface area contributed by atoms with Gasteiger partial charge in [0.15, 0.2) is 19.5 Å². The van der Waals surface area contributed by atoms with Gasteiger partial charge in [-0.3, -0.25) is 4.79 Å². The first kappa shape index (κ1) is 31.1. The molecule has 4 aromatic carbocycles. The molecule has 47 heavy (non-hydrogen) atoms. The van der Waals surface area contributed by atoms with Crippen LogP contribution in [0.3, 0.4) is 0 Å². The average molecular weight is 625 g/mol. The van der Waals surface area contributed by atoms with Crippen molar-refractivity contribution in [1.82, 2.24) is 9.13 Å². The molecule has 0 unspecified atom stereocenters. The van der Waals surface area contributed by atoms with Gasteiger partial charge >= 0.3 is 0 Å². The van der Waals surface area contributed by atoms with E-state index in [-0.39, 0.29) is 19.5 Å². The Balaban J connectivity index is 0.000000166. The smallest absolute Gasteiger partial charge is 0.184 e. The summed E-state index contributed by atoms with van der Waals surface area (Å²) < 4.78 is 26.5. The fourth-order valence-electron chi connectivity index (χ4n) is 5.72. The van der Waals surface area contributed by atoms with Crippen LogP contribution >= 0.6 is 0 Å². The van der Waals surface area contributed by atoms with Crippen molar-refractivity contribution in [1.29, 1.82) is 10.5 Å². The number of carbonyl (C=O) groups excluding carboxylic acids is 1. The molecule has 1 aliphatic heterocycles. The molecule has 9 nitrogen and oxygen atoms in total. The molecule has 2 aromatic heterocycles. The van der Waals surface area contributed by atoms with Gasteiger partial charge < -0.3 is 28.1 Å². The highest BCUT2D eigenvalue weighted by atomic mass is 16.7. The first-order valence-corrected chi connectivity index (χ1v) is 15.2. The lowest BCUT2D eigenvalue weighted by Gasteiger charge is -2.13. The molecule has 1 saturated heterocycles. The van der Waals surface area contributed by atoms with Crippen molar-refractivity contribution in [3.63, 3.8) is 0 Å². The first-order chi connectivity index (χ1) is 23.2. The minimum absolute atomic E-state index is 0.0188. The molecule has 9 heteroatoms. The van der Waals surface area contributed by atoms with E-state index in [0.717, 1.165) is 50.5 Å². The molecule has 1 fully saturated rings. The fraction of sp³-hybridized carbons (Fsp3) is 0.184. The van der Waals surface area contributed by atoms with Crippen LogP contribution in [0, 0.1) is 22.7 Å². The lowest BCUT2D eigenvalue weighted by atomic mass is 10.1. The van der Waals surface area contributed by atoms with E-state index < -0.39 is 0 Å².